The molecule has 0 heterocycles. The van der Waals surface area contributed by atoms with Gasteiger partial charge in [0.15, 0.2) is 0 Å². The first-order valence-corrected chi connectivity index (χ1v) is 7.23. The Labute approximate surface area is 130 Å². The zero-order chi connectivity index (χ0) is 16.1. The van der Waals surface area contributed by atoms with Crippen LogP contribution >= 0.6 is 0 Å². The Hall–Kier alpha value is -2.09. The summed E-state index contributed by atoms with van der Waals surface area (Å²) in [4.78, 5) is 4.41. The van der Waals surface area contributed by atoms with Crippen molar-refractivity contribution in [2.45, 2.75) is 27.2 Å². The first-order chi connectivity index (χ1) is 9.99. The molecule has 0 bridgehead atoms. The molecule has 1 N–H and O–H groups in total. The van der Waals surface area contributed by atoms with Gasteiger partial charge >= 0.3 is 0 Å². The zero-order valence-corrected chi connectivity index (χ0v) is 13.7. The standard InChI is InChI=1S/C19H28N2/c1-7-17(5)11-9-10-12-19(13-16(3)4)15-20-14-18(6)21-8-2/h7,9-11,13,15,21H,1,3,6,8,12,14H2,2,4-5H3/b10-9-,17-11-,19-13-,20-15?. The molecule has 0 unspecified atom stereocenters. The number of aliphatic imine (C=N–C) groups is 1. The maximum Gasteiger partial charge on any atom is 0.0780 e. The summed E-state index contributed by atoms with van der Waals surface area (Å²) >= 11 is 0. The fraction of sp³-hybridized carbons (Fsp3) is 0.316. The van der Waals surface area contributed by atoms with Gasteiger partial charge in [-0.3, -0.25) is 4.99 Å². The molecule has 0 aromatic carbocycles. The number of hydrogen-bond donors (Lipinski definition) is 1. The van der Waals surface area contributed by atoms with Gasteiger partial charge in [0.2, 0.25) is 0 Å². The number of rotatable bonds is 10. The van der Waals surface area contributed by atoms with Crippen LogP contribution in [-0.2, 0) is 0 Å². The van der Waals surface area contributed by atoms with Crippen molar-refractivity contribution in [2.75, 3.05) is 13.1 Å². The summed E-state index contributed by atoms with van der Waals surface area (Å²) in [5.74, 6) is 0. The van der Waals surface area contributed by atoms with Crippen LogP contribution in [0.5, 0.6) is 0 Å². The minimum Gasteiger partial charge on any atom is -0.388 e. The number of nitrogens with zero attached hydrogens (tertiary/aromatic N) is 1. The molecule has 0 aliphatic carbocycles. The molecule has 0 fully saturated rings. The lowest BCUT2D eigenvalue weighted by molar-refractivity contribution is 0.829. The van der Waals surface area contributed by atoms with E-state index in [1.165, 1.54) is 0 Å². The number of likely N-dealkylation sites (N-methyl/N-ethyl adjacent to an activating group) is 1. The van der Waals surface area contributed by atoms with Crippen LogP contribution in [-0.4, -0.2) is 19.3 Å². The maximum atomic E-state index is 4.41. The summed E-state index contributed by atoms with van der Waals surface area (Å²) in [6.45, 7) is 19.1. The van der Waals surface area contributed by atoms with Crippen molar-refractivity contribution in [3.05, 3.63) is 72.5 Å². The summed E-state index contributed by atoms with van der Waals surface area (Å²) in [5, 5.41) is 3.15. The van der Waals surface area contributed by atoms with Crippen molar-refractivity contribution >= 4 is 6.21 Å². The lowest BCUT2D eigenvalue weighted by Crippen LogP contribution is -2.13. The van der Waals surface area contributed by atoms with Gasteiger partial charge in [-0.1, -0.05) is 61.3 Å². The minimum atomic E-state index is 0.598. The quantitative estimate of drug-likeness (QED) is 0.454. The molecule has 2 nitrogen and oxygen atoms in total. The van der Waals surface area contributed by atoms with Crippen LogP contribution in [0.1, 0.15) is 27.2 Å². The minimum absolute atomic E-state index is 0.598. The molecule has 2 heteroatoms. The highest BCUT2D eigenvalue weighted by molar-refractivity contribution is 5.79. The van der Waals surface area contributed by atoms with Gasteiger partial charge in [-0.25, -0.2) is 0 Å². The molecule has 0 radical (unpaired) electrons. The van der Waals surface area contributed by atoms with E-state index in [0.717, 1.165) is 35.4 Å². The second-order valence-electron chi connectivity index (χ2n) is 4.92. The fourth-order valence-electron chi connectivity index (χ4n) is 1.54. The molecule has 0 aromatic rings. The average molecular weight is 284 g/mol. The van der Waals surface area contributed by atoms with Crippen molar-refractivity contribution in [3.8, 4) is 0 Å². The highest BCUT2D eigenvalue weighted by atomic mass is 14.9. The van der Waals surface area contributed by atoms with Gasteiger partial charge in [0.05, 0.1) is 6.54 Å². The van der Waals surface area contributed by atoms with E-state index in [1.807, 2.05) is 51.3 Å². The van der Waals surface area contributed by atoms with Crippen molar-refractivity contribution in [2.24, 2.45) is 4.99 Å². The Morgan fingerprint density at radius 2 is 1.95 bits per heavy atom. The molecule has 0 aromatic heterocycles. The lowest BCUT2D eigenvalue weighted by atomic mass is 10.1. The van der Waals surface area contributed by atoms with E-state index in [-0.39, 0.29) is 0 Å². The highest BCUT2D eigenvalue weighted by Gasteiger charge is 1.92. The first kappa shape index (κ1) is 18.9. The smallest absolute Gasteiger partial charge is 0.0780 e. The molecule has 0 rings (SSSR count). The van der Waals surface area contributed by atoms with E-state index >= 15 is 0 Å². The van der Waals surface area contributed by atoms with Crippen molar-refractivity contribution in [1.82, 2.24) is 5.32 Å². The Morgan fingerprint density at radius 1 is 1.24 bits per heavy atom. The van der Waals surface area contributed by atoms with Crippen LogP contribution in [0.2, 0.25) is 0 Å². The Bertz CT molecular complexity index is 474. The molecule has 114 valence electrons. The molecule has 0 saturated heterocycles. The lowest BCUT2D eigenvalue weighted by Gasteiger charge is -2.03. The summed E-state index contributed by atoms with van der Waals surface area (Å²) in [6.07, 6.45) is 12.8. The number of hydrogen-bond acceptors (Lipinski definition) is 2. The number of allylic oxidation sites excluding steroid dienone is 8. The SMILES string of the molecule is C=C/C(C)=C\C=C/C/C(C=NCC(=C)NCC)=C/C(=C)C. The van der Waals surface area contributed by atoms with Crippen LogP contribution in [0, 0.1) is 0 Å². The van der Waals surface area contributed by atoms with E-state index in [0.29, 0.717) is 6.54 Å². The van der Waals surface area contributed by atoms with Crippen molar-refractivity contribution in [1.29, 1.82) is 0 Å². The van der Waals surface area contributed by atoms with Gasteiger partial charge in [-0.2, -0.15) is 0 Å². The summed E-state index contributed by atoms with van der Waals surface area (Å²) in [6, 6.07) is 0. The summed E-state index contributed by atoms with van der Waals surface area (Å²) in [7, 11) is 0. The van der Waals surface area contributed by atoms with Gasteiger partial charge in [-0.15, -0.1) is 0 Å². The predicted octanol–water partition coefficient (Wildman–Crippen LogP) is 4.76. The summed E-state index contributed by atoms with van der Waals surface area (Å²) < 4.78 is 0. The van der Waals surface area contributed by atoms with E-state index in [4.69, 9.17) is 0 Å². The molecular weight excluding hydrogens is 256 g/mol. The second-order valence-corrected chi connectivity index (χ2v) is 4.92. The molecule has 0 saturated carbocycles. The largest absolute Gasteiger partial charge is 0.388 e. The zero-order valence-electron chi connectivity index (χ0n) is 13.7. The molecule has 21 heavy (non-hydrogen) atoms. The van der Waals surface area contributed by atoms with E-state index in [9.17, 15) is 0 Å². The van der Waals surface area contributed by atoms with Crippen LogP contribution in [0.3, 0.4) is 0 Å². The summed E-state index contributed by atoms with van der Waals surface area (Å²) in [5.41, 5.74) is 4.23. The van der Waals surface area contributed by atoms with Crippen molar-refractivity contribution < 1.29 is 0 Å². The van der Waals surface area contributed by atoms with E-state index in [2.05, 4.69) is 36.1 Å². The van der Waals surface area contributed by atoms with Crippen LogP contribution in [0.15, 0.2) is 77.5 Å². The fourth-order valence-corrected chi connectivity index (χ4v) is 1.54. The van der Waals surface area contributed by atoms with Crippen molar-refractivity contribution in [3.63, 3.8) is 0 Å². The van der Waals surface area contributed by atoms with E-state index < -0.39 is 0 Å². The molecule has 0 atom stereocenters. The normalized spacial score (nSPS) is 12.9. The van der Waals surface area contributed by atoms with Gasteiger partial charge in [-0.05, 0) is 32.8 Å². The maximum absolute atomic E-state index is 4.41. The topological polar surface area (TPSA) is 24.4 Å². The number of nitrogens with one attached hydrogen (secondary N) is 1. The van der Waals surface area contributed by atoms with Gasteiger partial charge in [0.1, 0.15) is 0 Å². The molecule has 0 amide bonds. The third kappa shape index (κ3) is 11.4. The highest BCUT2D eigenvalue weighted by Crippen LogP contribution is 2.05. The Balaban J connectivity index is 4.61. The molecular formula is C19H28N2. The van der Waals surface area contributed by atoms with E-state index in [1.54, 1.807) is 0 Å². The monoisotopic (exact) mass is 284 g/mol. The van der Waals surface area contributed by atoms with Crippen LogP contribution in [0.4, 0.5) is 0 Å². The average Bonchev–Trinajstić information content (AvgIpc) is 2.42. The van der Waals surface area contributed by atoms with Gasteiger partial charge in [0.25, 0.3) is 0 Å². The Kier molecular flexibility index (Phi) is 10.5. The third-order valence-corrected chi connectivity index (χ3v) is 2.57. The molecule has 0 aliphatic rings. The molecule has 0 aliphatic heterocycles. The van der Waals surface area contributed by atoms with Gasteiger partial charge < -0.3 is 5.32 Å². The molecule has 0 spiro atoms. The van der Waals surface area contributed by atoms with Crippen LogP contribution in [0.25, 0.3) is 0 Å². The first-order valence-electron chi connectivity index (χ1n) is 7.23. The van der Waals surface area contributed by atoms with Crippen LogP contribution < -0.4 is 5.32 Å². The van der Waals surface area contributed by atoms with Gasteiger partial charge in [0, 0.05) is 18.5 Å². The second kappa shape index (κ2) is 11.7. The third-order valence-electron chi connectivity index (χ3n) is 2.57. The Morgan fingerprint density at radius 3 is 2.52 bits per heavy atom. The predicted molar refractivity (Wildman–Crippen MR) is 96.8 cm³/mol.